The summed E-state index contributed by atoms with van der Waals surface area (Å²) in [6.45, 7) is 2.24. The summed E-state index contributed by atoms with van der Waals surface area (Å²) in [5, 5.41) is 18.3. The molecule has 0 spiro atoms. The van der Waals surface area contributed by atoms with E-state index in [1.165, 1.54) is 12.1 Å². The van der Waals surface area contributed by atoms with Crippen molar-refractivity contribution in [2.45, 2.75) is 13.5 Å². The summed E-state index contributed by atoms with van der Waals surface area (Å²) in [6, 6.07) is 12.0. The largest absolute Gasteiger partial charge is 0.507 e. The average Bonchev–Trinajstić information content (AvgIpc) is 2.39. The molecule has 0 aliphatic carbocycles. The van der Waals surface area contributed by atoms with Crippen LogP contribution in [0.15, 0.2) is 42.5 Å². The lowest BCUT2D eigenvalue weighted by Crippen LogP contribution is -2.01. The molecule has 4 nitrogen and oxygen atoms in total. The van der Waals surface area contributed by atoms with Crippen molar-refractivity contribution in [3.05, 3.63) is 59.2 Å². The van der Waals surface area contributed by atoms with E-state index in [2.05, 4.69) is 0 Å². The number of aryl methyl sites for hydroxylation is 1. The highest BCUT2D eigenvalue weighted by molar-refractivity contribution is 5.90. The Hall–Kier alpha value is -2.49. The normalized spacial score (nSPS) is 10.2. The minimum atomic E-state index is -1.16. The fraction of sp³-hybridized carbons (Fsp3) is 0.133. The summed E-state index contributed by atoms with van der Waals surface area (Å²) >= 11 is 0. The molecule has 2 aromatic rings. The number of rotatable bonds is 4. The minimum Gasteiger partial charge on any atom is -0.507 e. The highest BCUT2D eigenvalue weighted by Crippen LogP contribution is 2.20. The topological polar surface area (TPSA) is 66.8 Å². The van der Waals surface area contributed by atoms with Crippen molar-refractivity contribution in [2.24, 2.45) is 0 Å². The van der Waals surface area contributed by atoms with Gasteiger partial charge in [-0.3, -0.25) is 0 Å². The number of carboxylic acid groups (broad SMARTS) is 1. The smallest absolute Gasteiger partial charge is 0.339 e. The predicted molar refractivity (Wildman–Crippen MR) is 70.6 cm³/mol. The molecule has 0 heterocycles. The maximum Gasteiger partial charge on any atom is 0.339 e. The van der Waals surface area contributed by atoms with E-state index in [-0.39, 0.29) is 17.9 Å². The van der Waals surface area contributed by atoms with Crippen molar-refractivity contribution in [3.8, 4) is 11.5 Å². The van der Waals surface area contributed by atoms with Crippen LogP contribution in [0.1, 0.15) is 21.5 Å². The molecule has 2 N–H and O–H groups in total. The van der Waals surface area contributed by atoms with Gasteiger partial charge in [0.1, 0.15) is 23.7 Å². The zero-order valence-corrected chi connectivity index (χ0v) is 10.5. The maximum absolute atomic E-state index is 10.9. The van der Waals surface area contributed by atoms with Crippen molar-refractivity contribution in [3.63, 3.8) is 0 Å². The number of aromatic carboxylic acids is 1. The van der Waals surface area contributed by atoms with Crippen LogP contribution in [0.5, 0.6) is 11.5 Å². The molecule has 0 fully saturated rings. The molecular weight excluding hydrogens is 244 g/mol. The van der Waals surface area contributed by atoms with E-state index < -0.39 is 5.97 Å². The summed E-state index contributed by atoms with van der Waals surface area (Å²) in [5.41, 5.74) is 1.71. The van der Waals surface area contributed by atoms with Crippen LogP contribution in [0.3, 0.4) is 0 Å². The first kappa shape index (κ1) is 13.0. The van der Waals surface area contributed by atoms with Gasteiger partial charge in [-0.05, 0) is 36.8 Å². The number of benzene rings is 2. The molecular formula is C15H14O4. The first-order valence-electron chi connectivity index (χ1n) is 5.81. The molecule has 2 aromatic carbocycles. The number of carbonyl (C=O) groups is 1. The summed E-state index contributed by atoms with van der Waals surface area (Å²) in [5.74, 6) is -0.683. The van der Waals surface area contributed by atoms with Crippen molar-refractivity contribution >= 4 is 5.97 Å². The molecule has 0 aliphatic heterocycles. The molecule has 2 rings (SSSR count). The third-order valence-electron chi connectivity index (χ3n) is 2.72. The molecule has 0 bridgehead atoms. The standard InChI is InChI=1S/C15H14O4/c1-10-2-5-12(6-3-10)19-9-11-4-7-14(16)13(8-11)15(17)18/h2-8,16H,9H2,1H3,(H,17,18). The van der Waals surface area contributed by atoms with Crippen molar-refractivity contribution in [1.82, 2.24) is 0 Å². The zero-order valence-electron chi connectivity index (χ0n) is 10.5. The molecule has 0 aromatic heterocycles. The number of carboxylic acids is 1. The Bertz CT molecular complexity index is 588. The molecule has 0 amide bonds. The Morgan fingerprint density at radius 2 is 1.84 bits per heavy atom. The Morgan fingerprint density at radius 3 is 2.47 bits per heavy atom. The lowest BCUT2D eigenvalue weighted by molar-refractivity contribution is 0.0693. The van der Waals surface area contributed by atoms with Crippen LogP contribution >= 0.6 is 0 Å². The lowest BCUT2D eigenvalue weighted by Gasteiger charge is -2.08. The van der Waals surface area contributed by atoms with Crippen molar-refractivity contribution in [2.75, 3.05) is 0 Å². The van der Waals surface area contributed by atoms with Crippen LogP contribution in [0, 0.1) is 6.92 Å². The Morgan fingerprint density at radius 1 is 1.16 bits per heavy atom. The van der Waals surface area contributed by atoms with Crippen LogP contribution in [0.25, 0.3) is 0 Å². The van der Waals surface area contributed by atoms with Gasteiger partial charge in [0.25, 0.3) is 0 Å². The first-order chi connectivity index (χ1) is 9.06. The lowest BCUT2D eigenvalue weighted by atomic mass is 10.1. The van der Waals surface area contributed by atoms with Gasteiger partial charge in [0, 0.05) is 0 Å². The van der Waals surface area contributed by atoms with Crippen molar-refractivity contribution in [1.29, 1.82) is 0 Å². The molecule has 98 valence electrons. The van der Waals surface area contributed by atoms with Crippen LogP contribution < -0.4 is 4.74 Å². The van der Waals surface area contributed by atoms with Gasteiger partial charge in [-0.15, -0.1) is 0 Å². The van der Waals surface area contributed by atoms with E-state index in [9.17, 15) is 9.90 Å². The van der Waals surface area contributed by atoms with Crippen LogP contribution in [0.2, 0.25) is 0 Å². The second kappa shape index (κ2) is 5.44. The molecule has 0 aliphatic rings. The van der Waals surface area contributed by atoms with E-state index in [0.29, 0.717) is 5.56 Å². The quantitative estimate of drug-likeness (QED) is 0.884. The highest BCUT2D eigenvalue weighted by Gasteiger charge is 2.10. The van der Waals surface area contributed by atoms with E-state index in [4.69, 9.17) is 9.84 Å². The predicted octanol–water partition coefficient (Wildman–Crippen LogP) is 2.98. The molecule has 0 saturated carbocycles. The van der Waals surface area contributed by atoms with Gasteiger partial charge in [-0.1, -0.05) is 23.8 Å². The SMILES string of the molecule is Cc1ccc(OCc2ccc(O)c(C(=O)O)c2)cc1. The zero-order chi connectivity index (χ0) is 13.8. The van der Waals surface area contributed by atoms with Gasteiger partial charge in [0.15, 0.2) is 0 Å². The molecule has 4 heteroatoms. The first-order valence-corrected chi connectivity index (χ1v) is 5.81. The minimum absolute atomic E-state index is 0.120. The third-order valence-corrected chi connectivity index (χ3v) is 2.72. The second-order valence-corrected chi connectivity index (χ2v) is 4.26. The van der Waals surface area contributed by atoms with Gasteiger partial charge in [0.05, 0.1) is 0 Å². The fourth-order valence-electron chi connectivity index (χ4n) is 1.65. The van der Waals surface area contributed by atoms with Crippen molar-refractivity contribution < 1.29 is 19.7 Å². The number of hydrogen-bond donors (Lipinski definition) is 2. The summed E-state index contributed by atoms with van der Waals surface area (Å²) in [4.78, 5) is 10.9. The van der Waals surface area contributed by atoms with Crippen LogP contribution in [0.4, 0.5) is 0 Å². The summed E-state index contributed by atoms with van der Waals surface area (Å²) in [6.07, 6.45) is 0. The molecule has 0 atom stereocenters. The summed E-state index contributed by atoms with van der Waals surface area (Å²) in [7, 11) is 0. The third kappa shape index (κ3) is 3.25. The van der Waals surface area contributed by atoms with Gasteiger partial charge in [0.2, 0.25) is 0 Å². The number of phenols is 1. The number of hydrogen-bond acceptors (Lipinski definition) is 3. The molecule has 0 saturated heterocycles. The molecule has 0 radical (unpaired) electrons. The van der Waals surface area contributed by atoms with Gasteiger partial charge < -0.3 is 14.9 Å². The summed E-state index contributed by atoms with van der Waals surface area (Å²) < 4.78 is 5.55. The van der Waals surface area contributed by atoms with Gasteiger partial charge in [-0.25, -0.2) is 4.79 Å². The monoisotopic (exact) mass is 258 g/mol. The fourth-order valence-corrected chi connectivity index (χ4v) is 1.65. The second-order valence-electron chi connectivity index (χ2n) is 4.26. The van der Waals surface area contributed by atoms with E-state index in [0.717, 1.165) is 11.3 Å². The maximum atomic E-state index is 10.9. The van der Waals surface area contributed by atoms with Crippen LogP contribution in [-0.4, -0.2) is 16.2 Å². The molecule has 0 unspecified atom stereocenters. The van der Waals surface area contributed by atoms with Gasteiger partial charge in [-0.2, -0.15) is 0 Å². The van der Waals surface area contributed by atoms with E-state index >= 15 is 0 Å². The van der Waals surface area contributed by atoms with Crippen LogP contribution in [-0.2, 0) is 6.61 Å². The Labute approximate surface area is 110 Å². The van der Waals surface area contributed by atoms with Gasteiger partial charge >= 0.3 is 5.97 Å². The van der Waals surface area contributed by atoms with E-state index in [1.807, 2.05) is 31.2 Å². The molecule has 19 heavy (non-hydrogen) atoms. The number of ether oxygens (including phenoxy) is 1. The number of aromatic hydroxyl groups is 1. The van der Waals surface area contributed by atoms with E-state index in [1.54, 1.807) is 6.07 Å². The average molecular weight is 258 g/mol. The Balaban J connectivity index is 2.09. The highest BCUT2D eigenvalue weighted by atomic mass is 16.5. The Kier molecular flexibility index (Phi) is 3.71.